The van der Waals surface area contributed by atoms with Gasteiger partial charge < -0.3 is 10.2 Å². The molecule has 18 heavy (non-hydrogen) atoms. The average molecular weight is 267 g/mol. The van der Waals surface area contributed by atoms with Crippen LogP contribution in [0.15, 0.2) is 36.4 Å². The van der Waals surface area contributed by atoms with Crippen molar-refractivity contribution in [3.8, 4) is 16.9 Å². The third-order valence-corrected chi connectivity index (χ3v) is 2.64. The van der Waals surface area contributed by atoms with Gasteiger partial charge in [-0.2, -0.15) is 0 Å². The summed E-state index contributed by atoms with van der Waals surface area (Å²) in [6.07, 6.45) is 0. The fourth-order valence-corrected chi connectivity index (χ4v) is 1.83. The largest absolute Gasteiger partial charge is 0.507 e. The van der Waals surface area contributed by atoms with Gasteiger partial charge in [0.25, 0.3) is 0 Å². The van der Waals surface area contributed by atoms with Crippen molar-refractivity contribution in [1.29, 1.82) is 0 Å². The van der Waals surface area contributed by atoms with Gasteiger partial charge in [-0.05, 0) is 41.5 Å². The number of hydrogen-bond donors (Lipinski definition) is 2. The van der Waals surface area contributed by atoms with Crippen molar-refractivity contribution in [2.75, 3.05) is 0 Å². The van der Waals surface area contributed by atoms with Crippen LogP contribution < -0.4 is 0 Å². The van der Waals surface area contributed by atoms with Gasteiger partial charge in [-0.1, -0.05) is 17.7 Å². The molecule has 0 amide bonds. The first-order valence-corrected chi connectivity index (χ1v) is 5.38. The van der Waals surface area contributed by atoms with E-state index in [1.54, 1.807) is 0 Å². The second-order valence-corrected chi connectivity index (χ2v) is 4.13. The van der Waals surface area contributed by atoms with E-state index < -0.39 is 11.8 Å². The average Bonchev–Trinajstić information content (AvgIpc) is 2.27. The predicted molar refractivity (Wildman–Crippen MR) is 65.5 cm³/mol. The Balaban J connectivity index is 2.57. The van der Waals surface area contributed by atoms with Gasteiger partial charge in [0.15, 0.2) is 0 Å². The number of halogens is 2. The highest BCUT2D eigenvalue weighted by Crippen LogP contribution is 2.28. The van der Waals surface area contributed by atoms with E-state index in [0.29, 0.717) is 11.1 Å². The minimum atomic E-state index is -1.25. The molecule has 0 unspecified atom stereocenters. The molecular weight excluding hydrogens is 259 g/mol. The quantitative estimate of drug-likeness (QED) is 0.874. The van der Waals surface area contributed by atoms with Gasteiger partial charge in [-0.25, -0.2) is 9.18 Å². The number of aromatic carboxylic acids is 1. The third-order valence-electron chi connectivity index (χ3n) is 2.42. The number of benzene rings is 2. The number of carboxylic acid groups (broad SMARTS) is 1. The zero-order chi connectivity index (χ0) is 13.3. The molecule has 0 aliphatic rings. The molecule has 0 aliphatic carbocycles. The SMILES string of the molecule is O=C(O)c1cc(-c2cc(F)cc(Cl)c2)ccc1O. The van der Waals surface area contributed by atoms with E-state index in [1.807, 2.05) is 0 Å². The number of hydrogen-bond acceptors (Lipinski definition) is 2. The first-order valence-electron chi connectivity index (χ1n) is 5.00. The fourth-order valence-electron chi connectivity index (χ4n) is 1.61. The van der Waals surface area contributed by atoms with Gasteiger partial charge >= 0.3 is 5.97 Å². The normalized spacial score (nSPS) is 10.3. The Hall–Kier alpha value is -2.07. The first kappa shape index (κ1) is 12.4. The maximum Gasteiger partial charge on any atom is 0.339 e. The molecule has 2 aromatic rings. The van der Waals surface area contributed by atoms with Gasteiger partial charge in [0, 0.05) is 5.02 Å². The van der Waals surface area contributed by atoms with Crippen LogP contribution in [0.2, 0.25) is 5.02 Å². The summed E-state index contributed by atoms with van der Waals surface area (Å²) in [7, 11) is 0. The van der Waals surface area contributed by atoms with Crippen LogP contribution in [0.25, 0.3) is 11.1 Å². The zero-order valence-corrected chi connectivity index (χ0v) is 9.78. The highest BCUT2D eigenvalue weighted by Gasteiger charge is 2.11. The van der Waals surface area contributed by atoms with Gasteiger partial charge in [0.1, 0.15) is 17.1 Å². The number of aromatic hydroxyl groups is 1. The summed E-state index contributed by atoms with van der Waals surface area (Å²) in [4.78, 5) is 10.9. The summed E-state index contributed by atoms with van der Waals surface area (Å²) in [5.74, 6) is -2.10. The van der Waals surface area contributed by atoms with Crippen molar-refractivity contribution in [1.82, 2.24) is 0 Å². The van der Waals surface area contributed by atoms with E-state index in [-0.39, 0.29) is 16.3 Å². The lowest BCUT2D eigenvalue weighted by Gasteiger charge is -2.06. The second-order valence-electron chi connectivity index (χ2n) is 3.70. The summed E-state index contributed by atoms with van der Waals surface area (Å²) >= 11 is 5.73. The Kier molecular flexibility index (Phi) is 3.21. The molecule has 0 radical (unpaired) electrons. The smallest absolute Gasteiger partial charge is 0.339 e. The van der Waals surface area contributed by atoms with Crippen molar-refractivity contribution in [2.45, 2.75) is 0 Å². The molecule has 2 aromatic carbocycles. The van der Waals surface area contributed by atoms with Crippen LogP contribution in [0.3, 0.4) is 0 Å². The second kappa shape index (κ2) is 4.66. The number of rotatable bonds is 2. The summed E-state index contributed by atoms with van der Waals surface area (Å²) in [6, 6.07) is 7.92. The monoisotopic (exact) mass is 266 g/mol. The Morgan fingerprint density at radius 3 is 2.44 bits per heavy atom. The zero-order valence-electron chi connectivity index (χ0n) is 9.02. The standard InChI is InChI=1S/C13H8ClFO3/c14-9-3-8(4-10(15)6-9)7-1-2-12(16)11(5-7)13(17)18/h1-6,16H,(H,17,18). The van der Waals surface area contributed by atoms with Crippen molar-refractivity contribution in [2.24, 2.45) is 0 Å². The molecule has 0 saturated heterocycles. The lowest BCUT2D eigenvalue weighted by molar-refractivity contribution is 0.0694. The molecule has 2 rings (SSSR count). The third kappa shape index (κ3) is 2.43. The Labute approximate surface area is 107 Å². The molecule has 0 heterocycles. The Morgan fingerprint density at radius 2 is 1.83 bits per heavy atom. The van der Waals surface area contributed by atoms with E-state index in [9.17, 15) is 14.3 Å². The van der Waals surface area contributed by atoms with E-state index in [4.69, 9.17) is 16.7 Å². The molecule has 0 aromatic heterocycles. The van der Waals surface area contributed by atoms with Crippen LogP contribution in [0.4, 0.5) is 4.39 Å². The minimum Gasteiger partial charge on any atom is -0.507 e. The summed E-state index contributed by atoms with van der Waals surface area (Å²) in [5, 5.41) is 18.5. The van der Waals surface area contributed by atoms with Crippen LogP contribution in [-0.4, -0.2) is 16.2 Å². The molecule has 0 spiro atoms. The van der Waals surface area contributed by atoms with E-state index in [1.165, 1.54) is 30.3 Å². The molecule has 5 heteroatoms. The highest BCUT2D eigenvalue weighted by molar-refractivity contribution is 6.30. The molecule has 0 aliphatic heterocycles. The maximum absolute atomic E-state index is 13.2. The van der Waals surface area contributed by atoms with Gasteiger partial charge in [-0.15, -0.1) is 0 Å². The molecule has 0 atom stereocenters. The molecular formula is C13H8ClFO3. The van der Waals surface area contributed by atoms with Crippen LogP contribution >= 0.6 is 11.6 Å². The lowest BCUT2D eigenvalue weighted by Crippen LogP contribution is -1.97. The summed E-state index contributed by atoms with van der Waals surface area (Å²) < 4.78 is 13.2. The van der Waals surface area contributed by atoms with Crippen molar-refractivity contribution < 1.29 is 19.4 Å². The summed E-state index contributed by atoms with van der Waals surface area (Å²) in [6.45, 7) is 0. The Bertz CT molecular complexity index is 605. The van der Waals surface area contributed by atoms with E-state index in [0.717, 1.165) is 6.07 Å². The van der Waals surface area contributed by atoms with Gasteiger partial charge in [0.05, 0.1) is 0 Å². The predicted octanol–water partition coefficient (Wildman–Crippen LogP) is 3.55. The summed E-state index contributed by atoms with van der Waals surface area (Å²) in [5.41, 5.74) is 0.669. The van der Waals surface area contributed by atoms with Crippen LogP contribution in [0.5, 0.6) is 5.75 Å². The van der Waals surface area contributed by atoms with E-state index >= 15 is 0 Å². The van der Waals surface area contributed by atoms with Crippen LogP contribution in [-0.2, 0) is 0 Å². The van der Waals surface area contributed by atoms with Gasteiger partial charge in [0.2, 0.25) is 0 Å². The molecule has 0 fully saturated rings. The highest BCUT2D eigenvalue weighted by atomic mass is 35.5. The van der Waals surface area contributed by atoms with E-state index in [2.05, 4.69) is 0 Å². The maximum atomic E-state index is 13.2. The molecule has 0 bridgehead atoms. The fraction of sp³-hybridized carbons (Fsp3) is 0. The van der Waals surface area contributed by atoms with Crippen molar-refractivity contribution in [3.05, 3.63) is 52.8 Å². The minimum absolute atomic E-state index is 0.218. The molecule has 2 N–H and O–H groups in total. The molecule has 0 saturated carbocycles. The van der Waals surface area contributed by atoms with Crippen molar-refractivity contribution in [3.63, 3.8) is 0 Å². The molecule has 92 valence electrons. The number of carboxylic acids is 1. The topological polar surface area (TPSA) is 57.5 Å². The first-order chi connectivity index (χ1) is 8.47. The van der Waals surface area contributed by atoms with Crippen LogP contribution in [0, 0.1) is 5.82 Å². The van der Waals surface area contributed by atoms with Crippen LogP contribution in [0.1, 0.15) is 10.4 Å². The van der Waals surface area contributed by atoms with Gasteiger partial charge in [-0.3, -0.25) is 0 Å². The number of carbonyl (C=O) groups is 1. The number of phenols is 1. The van der Waals surface area contributed by atoms with Crippen molar-refractivity contribution >= 4 is 17.6 Å². The lowest BCUT2D eigenvalue weighted by atomic mass is 10.0. The molecule has 3 nitrogen and oxygen atoms in total. The Morgan fingerprint density at radius 1 is 1.11 bits per heavy atom.